The number of ether oxygens (including phenoxy) is 1. The van der Waals surface area contributed by atoms with Crippen molar-refractivity contribution < 1.29 is 14.6 Å². The van der Waals surface area contributed by atoms with Crippen molar-refractivity contribution >= 4 is 5.78 Å². The number of carbonyl (C=O) groups is 1. The monoisotopic (exact) mass is 332 g/mol. The fourth-order valence-corrected chi connectivity index (χ4v) is 8.02. The number of hydrogen-bond acceptors (Lipinski definition) is 3. The van der Waals surface area contributed by atoms with E-state index in [2.05, 4.69) is 6.92 Å². The number of Topliss-reactive ketones (excluding diaryl/α,β-unsaturated/α-hetero) is 1. The van der Waals surface area contributed by atoms with Crippen molar-refractivity contribution in [2.75, 3.05) is 13.7 Å². The molecule has 134 valence electrons. The van der Waals surface area contributed by atoms with Gasteiger partial charge in [0.15, 0.2) is 0 Å². The van der Waals surface area contributed by atoms with Crippen LogP contribution in [0.2, 0.25) is 0 Å². The van der Waals surface area contributed by atoms with Gasteiger partial charge in [-0.05, 0) is 86.9 Å². The molecule has 5 saturated carbocycles. The van der Waals surface area contributed by atoms with E-state index >= 15 is 0 Å². The van der Waals surface area contributed by atoms with Crippen LogP contribution in [0.1, 0.15) is 58.3 Å². The van der Waals surface area contributed by atoms with Crippen LogP contribution < -0.4 is 0 Å². The second-order valence-electron chi connectivity index (χ2n) is 10.1. The third-order valence-electron chi connectivity index (χ3n) is 8.97. The Bertz CT molecular complexity index is 559. The molecule has 0 aromatic rings. The maximum Gasteiger partial charge on any atom is 0.142 e. The first kappa shape index (κ1) is 15.8. The van der Waals surface area contributed by atoms with Crippen LogP contribution in [0.4, 0.5) is 0 Å². The summed E-state index contributed by atoms with van der Waals surface area (Å²) in [6.45, 7) is 2.79. The molecule has 0 bridgehead atoms. The first-order valence-electron chi connectivity index (χ1n) is 10.2. The summed E-state index contributed by atoms with van der Waals surface area (Å²) >= 11 is 0. The zero-order valence-electron chi connectivity index (χ0n) is 15.2. The average molecular weight is 332 g/mol. The molecule has 0 heterocycles. The lowest BCUT2D eigenvalue weighted by Gasteiger charge is -2.56. The van der Waals surface area contributed by atoms with E-state index in [1.165, 1.54) is 25.7 Å². The van der Waals surface area contributed by atoms with Gasteiger partial charge in [-0.2, -0.15) is 0 Å². The molecule has 1 N–H and O–H groups in total. The van der Waals surface area contributed by atoms with Gasteiger partial charge in [0, 0.05) is 18.4 Å². The van der Waals surface area contributed by atoms with Crippen LogP contribution in [0.5, 0.6) is 0 Å². The fraction of sp³-hybridized carbons (Fsp3) is 0.952. The van der Waals surface area contributed by atoms with Crippen molar-refractivity contribution in [1.82, 2.24) is 0 Å². The molecule has 5 aliphatic rings. The number of aliphatic hydroxyl groups is 1. The summed E-state index contributed by atoms with van der Waals surface area (Å²) in [5.74, 6) is 5.57. The summed E-state index contributed by atoms with van der Waals surface area (Å²) in [7, 11) is 1.70. The molecule has 0 aliphatic heterocycles. The number of ketones is 1. The molecular weight excluding hydrogens is 300 g/mol. The van der Waals surface area contributed by atoms with E-state index in [4.69, 9.17) is 4.74 Å². The number of hydrogen-bond donors (Lipinski definition) is 1. The predicted octanol–water partition coefficient (Wildman–Crippen LogP) is 3.44. The van der Waals surface area contributed by atoms with Crippen LogP contribution in [-0.2, 0) is 9.53 Å². The summed E-state index contributed by atoms with van der Waals surface area (Å²) in [6.07, 6.45) is 9.14. The van der Waals surface area contributed by atoms with E-state index < -0.39 is 5.60 Å². The maximum absolute atomic E-state index is 12.8. The highest BCUT2D eigenvalue weighted by molar-refractivity contribution is 5.92. The van der Waals surface area contributed by atoms with E-state index in [9.17, 15) is 9.90 Å². The van der Waals surface area contributed by atoms with Crippen molar-refractivity contribution in [2.24, 2.45) is 46.8 Å². The Kier molecular flexibility index (Phi) is 3.34. The Labute approximate surface area is 145 Å². The van der Waals surface area contributed by atoms with Crippen molar-refractivity contribution in [3.63, 3.8) is 0 Å². The van der Waals surface area contributed by atoms with E-state index in [-0.39, 0.29) is 5.41 Å². The minimum atomic E-state index is -0.586. The Balaban J connectivity index is 1.37. The highest BCUT2D eigenvalue weighted by Gasteiger charge is 2.69. The lowest BCUT2D eigenvalue weighted by atomic mass is 9.49. The van der Waals surface area contributed by atoms with Gasteiger partial charge in [0.05, 0.1) is 12.2 Å². The van der Waals surface area contributed by atoms with Gasteiger partial charge in [-0.15, -0.1) is 0 Å². The van der Waals surface area contributed by atoms with Crippen molar-refractivity contribution in [3.8, 4) is 0 Å². The molecule has 5 aliphatic carbocycles. The lowest BCUT2D eigenvalue weighted by Crippen LogP contribution is -2.52. The molecule has 5 rings (SSSR count). The van der Waals surface area contributed by atoms with Gasteiger partial charge >= 0.3 is 0 Å². The summed E-state index contributed by atoms with van der Waals surface area (Å²) in [6, 6.07) is 0. The molecule has 9 atom stereocenters. The van der Waals surface area contributed by atoms with Crippen LogP contribution in [0.15, 0.2) is 0 Å². The van der Waals surface area contributed by atoms with Gasteiger partial charge in [-0.1, -0.05) is 6.92 Å². The topological polar surface area (TPSA) is 46.5 Å². The Morgan fingerprint density at radius 3 is 2.67 bits per heavy atom. The Morgan fingerprint density at radius 2 is 1.88 bits per heavy atom. The minimum Gasteiger partial charge on any atom is -0.387 e. The zero-order valence-corrected chi connectivity index (χ0v) is 15.2. The largest absolute Gasteiger partial charge is 0.387 e. The first-order chi connectivity index (χ1) is 11.5. The third-order valence-corrected chi connectivity index (χ3v) is 8.97. The predicted molar refractivity (Wildman–Crippen MR) is 91.3 cm³/mol. The van der Waals surface area contributed by atoms with Gasteiger partial charge in [0.1, 0.15) is 5.78 Å². The van der Waals surface area contributed by atoms with Crippen LogP contribution in [0, 0.1) is 46.8 Å². The number of fused-ring (bicyclic) bond motifs is 7. The molecule has 0 radical (unpaired) electrons. The zero-order chi connectivity index (χ0) is 16.7. The number of methoxy groups -OCH3 is 1. The Morgan fingerprint density at radius 1 is 1.08 bits per heavy atom. The molecule has 0 spiro atoms. The van der Waals surface area contributed by atoms with Crippen LogP contribution in [-0.4, -0.2) is 30.2 Å². The molecule has 0 aromatic heterocycles. The number of carbonyl (C=O) groups excluding carboxylic acids is 1. The van der Waals surface area contributed by atoms with Crippen molar-refractivity contribution in [2.45, 2.75) is 63.9 Å². The van der Waals surface area contributed by atoms with Gasteiger partial charge in [0.25, 0.3) is 0 Å². The van der Waals surface area contributed by atoms with E-state index in [1.54, 1.807) is 7.11 Å². The first-order valence-corrected chi connectivity index (χ1v) is 10.2. The SMILES string of the molecule is COC[C@@]1(O)CC[C@H]2[C@H](CC[C@@H]3[C@@H]2CC[C@]2(C)C(=O)C4CC4[C@@H]32)C1. The van der Waals surface area contributed by atoms with E-state index in [0.29, 0.717) is 30.1 Å². The molecule has 2 unspecified atom stereocenters. The van der Waals surface area contributed by atoms with Crippen molar-refractivity contribution in [3.05, 3.63) is 0 Å². The summed E-state index contributed by atoms with van der Waals surface area (Å²) in [4.78, 5) is 12.8. The minimum absolute atomic E-state index is 0.0209. The molecule has 3 heteroatoms. The maximum atomic E-state index is 12.8. The number of rotatable bonds is 2. The van der Waals surface area contributed by atoms with Gasteiger partial charge in [-0.25, -0.2) is 0 Å². The summed E-state index contributed by atoms with van der Waals surface area (Å²) < 4.78 is 5.28. The Hall–Kier alpha value is -0.410. The smallest absolute Gasteiger partial charge is 0.142 e. The molecule has 0 aromatic carbocycles. The van der Waals surface area contributed by atoms with E-state index in [1.807, 2.05) is 0 Å². The van der Waals surface area contributed by atoms with Gasteiger partial charge in [0.2, 0.25) is 0 Å². The molecular formula is C21H32O3. The average Bonchev–Trinajstić information content (AvgIpc) is 3.29. The third kappa shape index (κ3) is 2.00. The molecule has 0 saturated heterocycles. The molecule has 0 amide bonds. The van der Waals surface area contributed by atoms with Crippen LogP contribution in [0.25, 0.3) is 0 Å². The highest BCUT2D eigenvalue weighted by atomic mass is 16.5. The van der Waals surface area contributed by atoms with Crippen LogP contribution in [0.3, 0.4) is 0 Å². The normalized spacial score (nSPS) is 58.5. The van der Waals surface area contributed by atoms with Crippen molar-refractivity contribution in [1.29, 1.82) is 0 Å². The summed E-state index contributed by atoms with van der Waals surface area (Å²) in [5, 5.41) is 10.8. The summed E-state index contributed by atoms with van der Waals surface area (Å²) in [5.41, 5.74) is -0.566. The van der Waals surface area contributed by atoms with Gasteiger partial charge < -0.3 is 9.84 Å². The molecule has 5 fully saturated rings. The second kappa shape index (κ2) is 5.07. The highest BCUT2D eigenvalue weighted by Crippen LogP contribution is 2.70. The second-order valence-corrected chi connectivity index (χ2v) is 10.1. The fourth-order valence-electron chi connectivity index (χ4n) is 8.02. The lowest BCUT2D eigenvalue weighted by molar-refractivity contribution is -0.142. The van der Waals surface area contributed by atoms with Gasteiger partial charge in [-0.3, -0.25) is 4.79 Å². The standard InChI is InChI=1S/C21H32O3/c1-20-7-5-14-13-6-8-21(23,11-24-2)10-12(13)3-4-15(14)18(20)16-9-17(16)19(20)22/h12-18,23H,3-11H2,1-2H3/t12-,13+,14-,15-,16?,17?,18-,20+,21-/m1/s1. The molecule has 3 nitrogen and oxygen atoms in total. The van der Waals surface area contributed by atoms with E-state index in [0.717, 1.165) is 49.4 Å². The van der Waals surface area contributed by atoms with Crippen LogP contribution >= 0.6 is 0 Å². The molecule has 24 heavy (non-hydrogen) atoms. The quantitative estimate of drug-likeness (QED) is 0.842.